The van der Waals surface area contributed by atoms with Gasteiger partial charge in [-0.05, 0) is 58.6 Å². The zero-order valence-corrected chi connectivity index (χ0v) is 12.7. The van der Waals surface area contributed by atoms with Gasteiger partial charge in [-0.15, -0.1) is 0 Å². The molecule has 0 spiro atoms. The molecule has 3 heteroatoms. The lowest BCUT2D eigenvalue weighted by atomic mass is 10.0. The minimum atomic E-state index is -0.193. The molecule has 0 amide bonds. The number of hydrogen-bond acceptors (Lipinski definition) is 1. The van der Waals surface area contributed by atoms with Crippen LogP contribution in [0.2, 0.25) is 0 Å². The highest BCUT2D eigenvalue weighted by Crippen LogP contribution is 2.30. The predicted molar refractivity (Wildman–Crippen MR) is 81.9 cm³/mol. The van der Waals surface area contributed by atoms with E-state index >= 15 is 0 Å². The third kappa shape index (κ3) is 3.35. The van der Waals surface area contributed by atoms with Crippen molar-refractivity contribution in [2.45, 2.75) is 26.3 Å². The topological polar surface area (TPSA) is 12.0 Å². The first-order valence-electron chi connectivity index (χ1n) is 6.39. The van der Waals surface area contributed by atoms with E-state index in [1.165, 1.54) is 11.6 Å². The molecule has 2 rings (SSSR count). The molecule has 100 valence electrons. The number of anilines is 1. The molecule has 1 N–H and O–H groups in total. The van der Waals surface area contributed by atoms with Crippen LogP contribution in [0, 0.1) is 12.7 Å². The summed E-state index contributed by atoms with van der Waals surface area (Å²) in [6, 6.07) is 13.0. The molecule has 0 heterocycles. The lowest BCUT2D eigenvalue weighted by Crippen LogP contribution is -2.10. The van der Waals surface area contributed by atoms with E-state index in [0.29, 0.717) is 0 Å². The first-order chi connectivity index (χ1) is 9.11. The Morgan fingerprint density at radius 2 is 1.95 bits per heavy atom. The van der Waals surface area contributed by atoms with Crippen LogP contribution in [0.25, 0.3) is 0 Å². The second-order valence-corrected chi connectivity index (χ2v) is 5.39. The van der Waals surface area contributed by atoms with E-state index in [9.17, 15) is 4.39 Å². The molecule has 0 fully saturated rings. The van der Waals surface area contributed by atoms with Gasteiger partial charge in [0.1, 0.15) is 5.82 Å². The molecule has 0 bridgehead atoms. The van der Waals surface area contributed by atoms with Gasteiger partial charge in [0, 0.05) is 10.2 Å². The summed E-state index contributed by atoms with van der Waals surface area (Å²) in [5.74, 6) is -0.193. The van der Waals surface area contributed by atoms with Crippen molar-refractivity contribution >= 4 is 21.6 Å². The Kier molecular flexibility index (Phi) is 4.59. The van der Waals surface area contributed by atoms with E-state index in [-0.39, 0.29) is 11.9 Å². The van der Waals surface area contributed by atoms with Gasteiger partial charge in [-0.3, -0.25) is 0 Å². The summed E-state index contributed by atoms with van der Waals surface area (Å²) in [5.41, 5.74) is 3.19. The number of hydrogen-bond donors (Lipinski definition) is 1. The van der Waals surface area contributed by atoms with E-state index in [2.05, 4.69) is 41.2 Å². The van der Waals surface area contributed by atoms with E-state index in [1.807, 2.05) is 18.2 Å². The number of benzene rings is 2. The minimum absolute atomic E-state index is 0.105. The molecule has 0 aliphatic heterocycles. The summed E-state index contributed by atoms with van der Waals surface area (Å²) in [6.07, 6.45) is 0.893. The Hall–Kier alpha value is -1.35. The fraction of sp³-hybridized carbons (Fsp3) is 0.250. The SMILES string of the molecule is CCC(Nc1cccc(C)c1Br)c1cccc(F)c1. The van der Waals surface area contributed by atoms with Crippen molar-refractivity contribution in [3.63, 3.8) is 0 Å². The van der Waals surface area contributed by atoms with Crippen molar-refractivity contribution in [3.8, 4) is 0 Å². The Morgan fingerprint density at radius 3 is 2.63 bits per heavy atom. The molecule has 0 radical (unpaired) electrons. The first kappa shape index (κ1) is 14.1. The van der Waals surface area contributed by atoms with Crippen molar-refractivity contribution in [2.24, 2.45) is 0 Å². The highest BCUT2D eigenvalue weighted by Gasteiger charge is 2.12. The van der Waals surface area contributed by atoms with Crippen LogP contribution in [-0.4, -0.2) is 0 Å². The molecule has 0 aliphatic rings. The van der Waals surface area contributed by atoms with Gasteiger partial charge in [0.15, 0.2) is 0 Å². The van der Waals surface area contributed by atoms with Crippen LogP contribution in [0.15, 0.2) is 46.9 Å². The standard InChI is InChI=1S/C16H17BrFN/c1-3-14(12-7-5-8-13(18)10-12)19-15-9-4-6-11(2)16(15)17/h4-10,14,19H,3H2,1-2H3. The summed E-state index contributed by atoms with van der Waals surface area (Å²) < 4.78 is 14.4. The smallest absolute Gasteiger partial charge is 0.123 e. The van der Waals surface area contributed by atoms with Crippen molar-refractivity contribution in [1.82, 2.24) is 0 Å². The number of aryl methyl sites for hydroxylation is 1. The Labute approximate surface area is 122 Å². The second-order valence-electron chi connectivity index (χ2n) is 4.60. The van der Waals surface area contributed by atoms with Gasteiger partial charge in [-0.25, -0.2) is 4.39 Å². The average molecular weight is 322 g/mol. The largest absolute Gasteiger partial charge is 0.377 e. The van der Waals surface area contributed by atoms with Gasteiger partial charge in [0.25, 0.3) is 0 Å². The number of rotatable bonds is 4. The van der Waals surface area contributed by atoms with E-state index in [0.717, 1.165) is 22.1 Å². The van der Waals surface area contributed by atoms with Crippen LogP contribution < -0.4 is 5.32 Å². The fourth-order valence-electron chi connectivity index (χ4n) is 2.09. The third-order valence-electron chi connectivity index (χ3n) is 3.18. The highest BCUT2D eigenvalue weighted by atomic mass is 79.9. The van der Waals surface area contributed by atoms with Gasteiger partial charge >= 0.3 is 0 Å². The third-order valence-corrected chi connectivity index (χ3v) is 4.23. The van der Waals surface area contributed by atoms with Gasteiger partial charge in [0.2, 0.25) is 0 Å². The Balaban J connectivity index is 2.26. The quantitative estimate of drug-likeness (QED) is 0.788. The maximum absolute atomic E-state index is 13.3. The molecule has 0 aliphatic carbocycles. The summed E-state index contributed by atoms with van der Waals surface area (Å²) >= 11 is 3.59. The van der Waals surface area contributed by atoms with Crippen LogP contribution in [0.5, 0.6) is 0 Å². The maximum atomic E-state index is 13.3. The van der Waals surface area contributed by atoms with E-state index < -0.39 is 0 Å². The number of nitrogens with one attached hydrogen (secondary N) is 1. The molecular weight excluding hydrogens is 305 g/mol. The zero-order valence-electron chi connectivity index (χ0n) is 11.1. The maximum Gasteiger partial charge on any atom is 0.123 e. The van der Waals surface area contributed by atoms with Crippen LogP contribution in [0.4, 0.5) is 10.1 Å². The zero-order chi connectivity index (χ0) is 13.8. The van der Waals surface area contributed by atoms with Crippen molar-refractivity contribution < 1.29 is 4.39 Å². The van der Waals surface area contributed by atoms with Crippen LogP contribution in [0.1, 0.15) is 30.5 Å². The first-order valence-corrected chi connectivity index (χ1v) is 7.18. The molecule has 0 aromatic heterocycles. The lowest BCUT2D eigenvalue weighted by Gasteiger charge is -2.20. The van der Waals surface area contributed by atoms with E-state index in [1.54, 1.807) is 12.1 Å². The lowest BCUT2D eigenvalue weighted by molar-refractivity contribution is 0.621. The summed E-state index contributed by atoms with van der Waals surface area (Å²) in [7, 11) is 0. The van der Waals surface area contributed by atoms with Crippen LogP contribution in [0.3, 0.4) is 0 Å². The van der Waals surface area contributed by atoms with Crippen LogP contribution >= 0.6 is 15.9 Å². The molecular formula is C16H17BrFN. The van der Waals surface area contributed by atoms with E-state index in [4.69, 9.17) is 0 Å². The minimum Gasteiger partial charge on any atom is -0.377 e. The van der Waals surface area contributed by atoms with Gasteiger partial charge in [-0.1, -0.05) is 31.2 Å². The number of halogens is 2. The molecule has 2 aromatic carbocycles. The Morgan fingerprint density at radius 1 is 1.21 bits per heavy atom. The second kappa shape index (κ2) is 6.20. The predicted octanol–water partition coefficient (Wildman–Crippen LogP) is 5.46. The van der Waals surface area contributed by atoms with Gasteiger partial charge in [-0.2, -0.15) is 0 Å². The summed E-state index contributed by atoms with van der Waals surface area (Å²) in [5, 5.41) is 3.47. The molecule has 2 aromatic rings. The monoisotopic (exact) mass is 321 g/mol. The van der Waals surface area contributed by atoms with Crippen molar-refractivity contribution in [3.05, 3.63) is 63.9 Å². The molecule has 19 heavy (non-hydrogen) atoms. The molecule has 1 atom stereocenters. The molecule has 1 nitrogen and oxygen atoms in total. The Bertz CT molecular complexity index is 568. The summed E-state index contributed by atoms with van der Waals surface area (Å²) in [6.45, 7) is 4.14. The van der Waals surface area contributed by atoms with Gasteiger partial charge in [0.05, 0.1) is 6.04 Å². The average Bonchev–Trinajstić information content (AvgIpc) is 2.40. The van der Waals surface area contributed by atoms with Crippen molar-refractivity contribution in [2.75, 3.05) is 5.32 Å². The highest BCUT2D eigenvalue weighted by molar-refractivity contribution is 9.10. The summed E-state index contributed by atoms with van der Waals surface area (Å²) in [4.78, 5) is 0. The normalized spacial score (nSPS) is 12.2. The van der Waals surface area contributed by atoms with Crippen LogP contribution in [-0.2, 0) is 0 Å². The molecule has 0 saturated carbocycles. The molecule has 1 unspecified atom stereocenters. The fourth-order valence-corrected chi connectivity index (χ4v) is 2.47. The van der Waals surface area contributed by atoms with Gasteiger partial charge < -0.3 is 5.32 Å². The van der Waals surface area contributed by atoms with Crippen molar-refractivity contribution in [1.29, 1.82) is 0 Å². The molecule has 0 saturated heterocycles.